The number of hydrogen-bond acceptors (Lipinski definition) is 3. The van der Waals surface area contributed by atoms with Gasteiger partial charge in [0.2, 0.25) is 0 Å². The SMILES string of the molecule is COc1ccccc1[C@@]1(O)CCN(Cc2ccccc2)C1. The summed E-state index contributed by atoms with van der Waals surface area (Å²) in [6, 6.07) is 18.1. The molecule has 1 aliphatic heterocycles. The molecule has 0 bridgehead atoms. The van der Waals surface area contributed by atoms with Crippen molar-refractivity contribution in [3.05, 3.63) is 65.7 Å². The van der Waals surface area contributed by atoms with Gasteiger partial charge in [0.05, 0.1) is 7.11 Å². The van der Waals surface area contributed by atoms with E-state index in [9.17, 15) is 5.11 Å². The van der Waals surface area contributed by atoms with E-state index >= 15 is 0 Å². The molecule has 0 amide bonds. The van der Waals surface area contributed by atoms with Gasteiger partial charge >= 0.3 is 0 Å². The Morgan fingerprint density at radius 3 is 2.57 bits per heavy atom. The number of benzene rings is 2. The maximum absolute atomic E-state index is 11.0. The van der Waals surface area contributed by atoms with Crippen LogP contribution in [0.15, 0.2) is 54.6 Å². The van der Waals surface area contributed by atoms with Crippen molar-refractivity contribution in [2.24, 2.45) is 0 Å². The lowest BCUT2D eigenvalue weighted by Gasteiger charge is -2.25. The standard InChI is InChI=1S/C18H21NO2/c1-21-17-10-6-5-9-16(17)18(20)11-12-19(14-18)13-15-7-3-2-4-8-15/h2-10,20H,11-14H2,1H3/t18-/m1/s1. The quantitative estimate of drug-likeness (QED) is 0.936. The highest BCUT2D eigenvalue weighted by atomic mass is 16.5. The Hall–Kier alpha value is -1.84. The van der Waals surface area contributed by atoms with Gasteiger partial charge in [-0.25, -0.2) is 0 Å². The van der Waals surface area contributed by atoms with Crippen molar-refractivity contribution in [2.45, 2.75) is 18.6 Å². The Kier molecular flexibility index (Phi) is 3.95. The van der Waals surface area contributed by atoms with Crippen molar-refractivity contribution < 1.29 is 9.84 Å². The molecule has 110 valence electrons. The molecule has 3 heteroatoms. The third-order valence-corrected chi connectivity index (χ3v) is 4.18. The van der Waals surface area contributed by atoms with E-state index in [0.29, 0.717) is 6.54 Å². The highest BCUT2D eigenvalue weighted by Gasteiger charge is 2.39. The topological polar surface area (TPSA) is 32.7 Å². The zero-order valence-corrected chi connectivity index (χ0v) is 12.3. The average Bonchev–Trinajstić information content (AvgIpc) is 2.90. The zero-order valence-electron chi connectivity index (χ0n) is 12.3. The van der Waals surface area contributed by atoms with Crippen molar-refractivity contribution in [1.82, 2.24) is 4.90 Å². The number of hydrogen-bond donors (Lipinski definition) is 1. The van der Waals surface area contributed by atoms with Gasteiger partial charge in [0, 0.05) is 25.2 Å². The fraction of sp³-hybridized carbons (Fsp3) is 0.333. The minimum absolute atomic E-state index is 0.641. The molecule has 1 aliphatic rings. The number of likely N-dealkylation sites (tertiary alicyclic amines) is 1. The Morgan fingerprint density at radius 1 is 1.10 bits per heavy atom. The molecule has 0 aromatic heterocycles. The smallest absolute Gasteiger partial charge is 0.124 e. The number of ether oxygens (including phenoxy) is 1. The van der Waals surface area contributed by atoms with E-state index in [4.69, 9.17) is 4.74 Å². The summed E-state index contributed by atoms with van der Waals surface area (Å²) in [6.07, 6.45) is 0.736. The van der Waals surface area contributed by atoms with Crippen molar-refractivity contribution in [3.8, 4) is 5.75 Å². The number of nitrogens with zero attached hydrogens (tertiary/aromatic N) is 1. The van der Waals surface area contributed by atoms with Gasteiger partial charge in [-0.2, -0.15) is 0 Å². The van der Waals surface area contributed by atoms with Gasteiger partial charge in [-0.05, 0) is 18.1 Å². The van der Waals surface area contributed by atoms with Gasteiger partial charge in [-0.1, -0.05) is 48.5 Å². The first-order valence-corrected chi connectivity index (χ1v) is 7.33. The van der Waals surface area contributed by atoms with E-state index in [0.717, 1.165) is 30.8 Å². The molecule has 0 unspecified atom stereocenters. The summed E-state index contributed by atoms with van der Waals surface area (Å²) < 4.78 is 5.40. The lowest BCUT2D eigenvalue weighted by Crippen LogP contribution is -2.31. The van der Waals surface area contributed by atoms with E-state index in [1.54, 1.807) is 7.11 Å². The number of para-hydroxylation sites is 1. The molecule has 3 rings (SSSR count). The third-order valence-electron chi connectivity index (χ3n) is 4.18. The number of rotatable bonds is 4. The molecular weight excluding hydrogens is 262 g/mol. The van der Waals surface area contributed by atoms with Crippen LogP contribution in [-0.2, 0) is 12.1 Å². The second-order valence-corrected chi connectivity index (χ2v) is 5.68. The summed E-state index contributed by atoms with van der Waals surface area (Å²) in [5.41, 5.74) is 1.35. The summed E-state index contributed by atoms with van der Waals surface area (Å²) in [7, 11) is 1.65. The van der Waals surface area contributed by atoms with Crippen molar-refractivity contribution in [1.29, 1.82) is 0 Å². The molecule has 0 spiro atoms. The molecule has 2 aromatic carbocycles. The minimum Gasteiger partial charge on any atom is -0.496 e. The van der Waals surface area contributed by atoms with Crippen LogP contribution in [0, 0.1) is 0 Å². The molecule has 0 aliphatic carbocycles. The largest absolute Gasteiger partial charge is 0.496 e. The molecule has 1 N–H and O–H groups in total. The minimum atomic E-state index is -0.818. The third kappa shape index (κ3) is 2.94. The summed E-state index contributed by atoms with van der Waals surface area (Å²) >= 11 is 0. The van der Waals surface area contributed by atoms with Crippen LogP contribution in [0.3, 0.4) is 0 Å². The molecule has 1 fully saturated rings. The Morgan fingerprint density at radius 2 is 1.81 bits per heavy atom. The highest BCUT2D eigenvalue weighted by molar-refractivity contribution is 5.39. The molecular formula is C18H21NO2. The fourth-order valence-corrected chi connectivity index (χ4v) is 3.10. The maximum atomic E-state index is 11.0. The normalized spacial score (nSPS) is 22.4. The van der Waals surface area contributed by atoms with E-state index in [1.165, 1.54) is 5.56 Å². The Labute approximate surface area is 125 Å². The lowest BCUT2D eigenvalue weighted by atomic mass is 9.92. The van der Waals surface area contributed by atoms with Crippen LogP contribution in [0.4, 0.5) is 0 Å². The molecule has 1 saturated heterocycles. The van der Waals surface area contributed by atoms with Crippen LogP contribution in [0.2, 0.25) is 0 Å². The van der Waals surface area contributed by atoms with Gasteiger partial charge in [0.1, 0.15) is 11.4 Å². The first-order chi connectivity index (χ1) is 10.2. The fourth-order valence-electron chi connectivity index (χ4n) is 3.10. The van der Waals surface area contributed by atoms with Crippen LogP contribution in [0.25, 0.3) is 0 Å². The van der Waals surface area contributed by atoms with Gasteiger partial charge in [0.25, 0.3) is 0 Å². The average molecular weight is 283 g/mol. The number of methoxy groups -OCH3 is 1. The first-order valence-electron chi connectivity index (χ1n) is 7.33. The molecule has 0 radical (unpaired) electrons. The summed E-state index contributed by atoms with van der Waals surface area (Å²) in [5, 5.41) is 11.0. The van der Waals surface area contributed by atoms with E-state index in [-0.39, 0.29) is 0 Å². The highest BCUT2D eigenvalue weighted by Crippen LogP contribution is 2.37. The molecule has 0 saturated carbocycles. The van der Waals surface area contributed by atoms with Crippen LogP contribution in [0.5, 0.6) is 5.75 Å². The monoisotopic (exact) mass is 283 g/mol. The number of β-amino-alcohol motifs (C(OH)–C–C–N with tert-alkyl or cyclic N) is 1. The summed E-state index contributed by atoms with van der Waals surface area (Å²) in [4.78, 5) is 2.29. The van der Waals surface area contributed by atoms with E-state index in [2.05, 4.69) is 29.2 Å². The predicted octanol–water partition coefficient (Wildman–Crippen LogP) is 2.79. The Balaban J connectivity index is 1.76. The molecule has 3 nitrogen and oxygen atoms in total. The van der Waals surface area contributed by atoms with Crippen LogP contribution < -0.4 is 4.74 Å². The zero-order chi connectivity index (χ0) is 14.7. The second-order valence-electron chi connectivity index (χ2n) is 5.68. The van der Waals surface area contributed by atoms with E-state index < -0.39 is 5.60 Å². The first kappa shape index (κ1) is 14.1. The molecule has 1 atom stereocenters. The molecule has 1 heterocycles. The van der Waals surface area contributed by atoms with Crippen molar-refractivity contribution in [2.75, 3.05) is 20.2 Å². The number of aliphatic hydroxyl groups is 1. The van der Waals surface area contributed by atoms with Crippen molar-refractivity contribution in [3.63, 3.8) is 0 Å². The van der Waals surface area contributed by atoms with E-state index in [1.807, 2.05) is 30.3 Å². The van der Waals surface area contributed by atoms with Crippen LogP contribution in [-0.4, -0.2) is 30.2 Å². The van der Waals surface area contributed by atoms with Crippen LogP contribution in [0.1, 0.15) is 17.5 Å². The van der Waals surface area contributed by atoms with Crippen LogP contribution >= 0.6 is 0 Å². The molecule has 2 aromatic rings. The summed E-state index contributed by atoms with van der Waals surface area (Å²) in [6.45, 7) is 2.41. The second kappa shape index (κ2) is 5.88. The maximum Gasteiger partial charge on any atom is 0.124 e. The van der Waals surface area contributed by atoms with Gasteiger partial charge in [-0.15, -0.1) is 0 Å². The molecule has 21 heavy (non-hydrogen) atoms. The van der Waals surface area contributed by atoms with Gasteiger partial charge in [-0.3, -0.25) is 4.90 Å². The van der Waals surface area contributed by atoms with Gasteiger partial charge in [0.15, 0.2) is 0 Å². The lowest BCUT2D eigenvalue weighted by molar-refractivity contribution is 0.0429. The summed E-state index contributed by atoms with van der Waals surface area (Å²) in [5.74, 6) is 0.765. The Bertz CT molecular complexity index is 599. The van der Waals surface area contributed by atoms with Crippen molar-refractivity contribution >= 4 is 0 Å². The predicted molar refractivity (Wildman–Crippen MR) is 83.2 cm³/mol. The van der Waals surface area contributed by atoms with Gasteiger partial charge < -0.3 is 9.84 Å².